The van der Waals surface area contributed by atoms with E-state index in [1.54, 1.807) is 46.0 Å². The van der Waals surface area contributed by atoms with Gasteiger partial charge >= 0.3 is 6.18 Å². The Morgan fingerprint density at radius 1 is 1.00 bits per heavy atom. The molecule has 1 aliphatic heterocycles. The van der Waals surface area contributed by atoms with Crippen molar-refractivity contribution in [2.24, 2.45) is 0 Å². The molecule has 35 heavy (non-hydrogen) atoms. The molecule has 0 unspecified atom stereocenters. The van der Waals surface area contributed by atoms with Crippen LogP contribution in [0.3, 0.4) is 0 Å². The van der Waals surface area contributed by atoms with Gasteiger partial charge in [0.05, 0.1) is 30.6 Å². The number of carbonyl (C=O) groups excluding carboxylic acids is 2. The van der Waals surface area contributed by atoms with Gasteiger partial charge in [-0.2, -0.15) is 18.3 Å². The molecule has 2 aromatic carbocycles. The maximum atomic E-state index is 13.1. The normalized spacial score (nSPS) is 14.6. The number of piperazine rings is 1. The number of aromatic nitrogens is 2. The summed E-state index contributed by atoms with van der Waals surface area (Å²) in [5.74, 6) is -0.0477. The van der Waals surface area contributed by atoms with Gasteiger partial charge in [-0.15, -0.1) is 0 Å². The molecule has 1 aliphatic rings. The van der Waals surface area contributed by atoms with Crippen LogP contribution in [0, 0.1) is 0 Å². The molecular weight excluding hydrogens is 463 g/mol. The minimum Gasteiger partial charge on any atom is -0.497 e. The fraction of sp³-hybridized carbons (Fsp3) is 0.292. The molecule has 0 saturated carbocycles. The first-order chi connectivity index (χ1) is 16.7. The Morgan fingerprint density at radius 3 is 2.34 bits per heavy atom. The fourth-order valence-corrected chi connectivity index (χ4v) is 3.82. The number of carbonyl (C=O) groups is 2. The summed E-state index contributed by atoms with van der Waals surface area (Å²) in [4.78, 5) is 28.7. The summed E-state index contributed by atoms with van der Waals surface area (Å²) < 4.78 is 46.1. The number of rotatable bonds is 6. The van der Waals surface area contributed by atoms with Gasteiger partial charge in [0.1, 0.15) is 5.75 Å². The molecule has 11 heteroatoms. The van der Waals surface area contributed by atoms with Crippen molar-refractivity contribution in [2.75, 3.05) is 45.2 Å². The lowest BCUT2D eigenvalue weighted by Gasteiger charge is -2.34. The van der Waals surface area contributed by atoms with Gasteiger partial charge in [-0.1, -0.05) is 12.1 Å². The first-order valence-electron chi connectivity index (χ1n) is 10.9. The number of hydrogen-bond donors (Lipinski definition) is 1. The Labute approximate surface area is 199 Å². The third-order valence-electron chi connectivity index (χ3n) is 5.68. The predicted octanol–water partition coefficient (Wildman–Crippen LogP) is 3.30. The molecule has 1 N–H and O–H groups in total. The number of amides is 2. The highest BCUT2D eigenvalue weighted by Crippen LogP contribution is 2.34. The number of halogens is 3. The molecule has 0 radical (unpaired) electrons. The van der Waals surface area contributed by atoms with Gasteiger partial charge in [0.15, 0.2) is 5.69 Å². The Kier molecular flexibility index (Phi) is 7.06. The van der Waals surface area contributed by atoms with Crippen molar-refractivity contribution in [3.8, 4) is 11.4 Å². The van der Waals surface area contributed by atoms with E-state index in [2.05, 4.69) is 10.4 Å². The Hall–Kier alpha value is -3.86. The molecule has 0 atom stereocenters. The number of alkyl halides is 3. The van der Waals surface area contributed by atoms with Crippen LogP contribution in [0.1, 0.15) is 16.1 Å². The first-order valence-corrected chi connectivity index (χ1v) is 10.9. The van der Waals surface area contributed by atoms with Crippen molar-refractivity contribution in [1.82, 2.24) is 19.6 Å². The summed E-state index contributed by atoms with van der Waals surface area (Å²) in [6, 6.07) is 13.8. The summed E-state index contributed by atoms with van der Waals surface area (Å²) >= 11 is 0. The van der Waals surface area contributed by atoms with Crippen LogP contribution < -0.4 is 10.1 Å². The lowest BCUT2D eigenvalue weighted by Crippen LogP contribution is -2.50. The SMILES string of the molecule is COc1ccc(-n2ccc(C(=O)N3CCN(CC(=O)Nc4ccccc4C(F)(F)F)CC3)n2)cc1. The second-order valence-electron chi connectivity index (χ2n) is 8.00. The van der Waals surface area contributed by atoms with E-state index in [0.29, 0.717) is 37.6 Å². The van der Waals surface area contributed by atoms with Gasteiger partial charge in [-0.3, -0.25) is 14.5 Å². The number of nitrogens with zero attached hydrogens (tertiary/aromatic N) is 4. The van der Waals surface area contributed by atoms with Crippen LogP contribution in [0.25, 0.3) is 5.69 Å². The molecule has 3 aromatic rings. The van der Waals surface area contributed by atoms with Gasteiger partial charge in [0.2, 0.25) is 5.91 Å². The minimum absolute atomic E-state index is 0.0691. The van der Waals surface area contributed by atoms with Crippen LogP contribution >= 0.6 is 0 Å². The highest BCUT2D eigenvalue weighted by Gasteiger charge is 2.33. The first kappa shape index (κ1) is 24.3. The maximum absolute atomic E-state index is 13.1. The Morgan fingerprint density at radius 2 is 1.69 bits per heavy atom. The average Bonchev–Trinajstić information content (AvgIpc) is 3.34. The number of benzene rings is 2. The minimum atomic E-state index is -4.56. The standard InChI is InChI=1S/C24H24F3N5O3/c1-35-18-8-6-17(7-9-18)32-11-10-21(29-32)23(34)31-14-12-30(13-15-31)16-22(33)28-20-5-3-2-4-19(20)24(25,26)27/h2-11H,12-16H2,1H3,(H,28,33). The van der Waals surface area contributed by atoms with E-state index in [4.69, 9.17) is 4.74 Å². The van der Waals surface area contributed by atoms with Crippen molar-refractivity contribution in [2.45, 2.75) is 6.18 Å². The Bertz CT molecular complexity index is 1190. The topological polar surface area (TPSA) is 79.7 Å². The second-order valence-corrected chi connectivity index (χ2v) is 8.00. The molecular formula is C24H24F3N5O3. The maximum Gasteiger partial charge on any atom is 0.418 e. The zero-order valence-corrected chi connectivity index (χ0v) is 19.0. The summed E-state index contributed by atoms with van der Waals surface area (Å²) in [6.45, 7) is 1.51. The number of hydrogen-bond acceptors (Lipinski definition) is 5. The summed E-state index contributed by atoms with van der Waals surface area (Å²) in [5, 5.41) is 6.72. The van der Waals surface area contributed by atoms with Gasteiger partial charge < -0.3 is 15.0 Å². The lowest BCUT2D eigenvalue weighted by atomic mass is 10.1. The van der Waals surface area contributed by atoms with E-state index in [-0.39, 0.29) is 18.1 Å². The van der Waals surface area contributed by atoms with E-state index >= 15 is 0 Å². The van der Waals surface area contributed by atoms with Crippen molar-refractivity contribution in [3.05, 3.63) is 72.1 Å². The van der Waals surface area contributed by atoms with Crippen LogP contribution in [0.2, 0.25) is 0 Å². The van der Waals surface area contributed by atoms with Gasteiger partial charge in [-0.25, -0.2) is 4.68 Å². The van der Waals surface area contributed by atoms with Gasteiger partial charge in [0, 0.05) is 32.4 Å². The molecule has 0 bridgehead atoms. The van der Waals surface area contributed by atoms with Crippen LogP contribution in [0.15, 0.2) is 60.8 Å². The number of ether oxygens (including phenoxy) is 1. The third kappa shape index (κ3) is 5.80. The molecule has 2 amide bonds. The summed E-state index contributed by atoms with van der Waals surface area (Å²) in [5.41, 5.74) is -0.0762. The number of methoxy groups -OCH3 is 1. The molecule has 0 aliphatic carbocycles. The summed E-state index contributed by atoms with van der Waals surface area (Å²) in [6.07, 6.45) is -2.86. The second kappa shape index (κ2) is 10.2. The zero-order valence-electron chi connectivity index (χ0n) is 19.0. The Balaban J connectivity index is 1.30. The summed E-state index contributed by atoms with van der Waals surface area (Å²) in [7, 11) is 1.58. The van der Waals surface area contributed by atoms with E-state index in [1.807, 2.05) is 12.1 Å². The average molecular weight is 487 g/mol. The number of para-hydroxylation sites is 1. The molecule has 0 spiro atoms. The zero-order chi connectivity index (χ0) is 25.0. The van der Waals surface area contributed by atoms with E-state index in [9.17, 15) is 22.8 Å². The van der Waals surface area contributed by atoms with Crippen molar-refractivity contribution >= 4 is 17.5 Å². The molecule has 1 fully saturated rings. The monoisotopic (exact) mass is 487 g/mol. The van der Waals surface area contributed by atoms with Crippen molar-refractivity contribution in [3.63, 3.8) is 0 Å². The van der Waals surface area contributed by atoms with Crippen LogP contribution in [0.4, 0.5) is 18.9 Å². The van der Waals surface area contributed by atoms with E-state index < -0.39 is 17.6 Å². The molecule has 4 rings (SSSR count). The van der Waals surface area contributed by atoms with Crippen molar-refractivity contribution in [1.29, 1.82) is 0 Å². The highest BCUT2D eigenvalue weighted by molar-refractivity contribution is 5.93. The fourth-order valence-electron chi connectivity index (χ4n) is 3.82. The molecule has 1 saturated heterocycles. The highest BCUT2D eigenvalue weighted by atomic mass is 19.4. The number of nitrogens with one attached hydrogen (secondary N) is 1. The molecule has 184 valence electrons. The molecule has 1 aromatic heterocycles. The van der Waals surface area contributed by atoms with Crippen LogP contribution in [-0.2, 0) is 11.0 Å². The smallest absolute Gasteiger partial charge is 0.418 e. The van der Waals surface area contributed by atoms with Crippen LogP contribution in [-0.4, -0.2) is 71.2 Å². The molecule has 2 heterocycles. The van der Waals surface area contributed by atoms with Gasteiger partial charge in [0.25, 0.3) is 5.91 Å². The quantitative estimate of drug-likeness (QED) is 0.577. The predicted molar refractivity (Wildman–Crippen MR) is 123 cm³/mol. The van der Waals surface area contributed by atoms with E-state index in [1.165, 1.54) is 18.2 Å². The van der Waals surface area contributed by atoms with Crippen molar-refractivity contribution < 1.29 is 27.5 Å². The molecule has 8 nitrogen and oxygen atoms in total. The van der Waals surface area contributed by atoms with Gasteiger partial charge in [-0.05, 0) is 42.5 Å². The number of anilines is 1. The largest absolute Gasteiger partial charge is 0.497 e. The third-order valence-corrected chi connectivity index (χ3v) is 5.68. The lowest BCUT2D eigenvalue weighted by molar-refractivity contribution is -0.137. The van der Waals surface area contributed by atoms with Crippen LogP contribution in [0.5, 0.6) is 5.75 Å². The van der Waals surface area contributed by atoms with E-state index in [0.717, 1.165) is 11.8 Å².